The number of anilines is 1. The van der Waals surface area contributed by atoms with Gasteiger partial charge in [0, 0.05) is 16.5 Å². The molecule has 29 heavy (non-hydrogen) atoms. The predicted octanol–water partition coefficient (Wildman–Crippen LogP) is 6.49. The van der Waals surface area contributed by atoms with Gasteiger partial charge in [-0.25, -0.2) is 4.98 Å². The first-order valence-corrected chi connectivity index (χ1v) is 10.00. The normalized spacial score (nSPS) is 10.9. The molecule has 0 spiro atoms. The zero-order valence-corrected chi connectivity index (χ0v) is 16.1. The third-order valence-electron chi connectivity index (χ3n) is 4.52. The zero-order valence-electron chi connectivity index (χ0n) is 15.3. The van der Waals surface area contributed by atoms with Gasteiger partial charge in [0.1, 0.15) is 16.3 Å². The molecule has 0 unspecified atom stereocenters. The van der Waals surface area contributed by atoms with E-state index in [1.165, 1.54) is 11.3 Å². The number of amides is 1. The van der Waals surface area contributed by atoms with Crippen LogP contribution in [0.5, 0.6) is 11.5 Å². The summed E-state index contributed by atoms with van der Waals surface area (Å²) in [6.45, 7) is 0. The van der Waals surface area contributed by atoms with E-state index in [1.807, 2.05) is 84.9 Å². The van der Waals surface area contributed by atoms with Crippen LogP contribution in [0.1, 0.15) is 9.67 Å². The molecule has 4 nitrogen and oxygen atoms in total. The summed E-state index contributed by atoms with van der Waals surface area (Å²) in [6, 6.07) is 28.8. The van der Waals surface area contributed by atoms with Crippen molar-refractivity contribution in [3.05, 3.63) is 95.9 Å². The average molecular weight is 396 g/mol. The second-order valence-corrected chi connectivity index (χ2v) is 7.61. The van der Waals surface area contributed by atoms with E-state index in [0.717, 1.165) is 26.9 Å². The van der Waals surface area contributed by atoms with Crippen LogP contribution in [0.25, 0.3) is 21.1 Å². The molecule has 0 saturated carbocycles. The lowest BCUT2D eigenvalue weighted by molar-refractivity contribution is 0.103. The van der Waals surface area contributed by atoms with Crippen LogP contribution in [-0.4, -0.2) is 10.9 Å². The Morgan fingerprint density at radius 3 is 2.34 bits per heavy atom. The molecule has 5 heteroatoms. The Labute approximate surface area is 171 Å². The van der Waals surface area contributed by atoms with Crippen molar-refractivity contribution in [3.63, 3.8) is 0 Å². The molecule has 0 aliphatic heterocycles. The van der Waals surface area contributed by atoms with E-state index in [2.05, 4.69) is 16.4 Å². The number of nitrogens with one attached hydrogen (secondary N) is 1. The van der Waals surface area contributed by atoms with Crippen molar-refractivity contribution in [2.45, 2.75) is 0 Å². The quantitative estimate of drug-likeness (QED) is 0.377. The Bertz CT molecular complexity index is 1260. The molecular formula is C24H16N2O2S. The van der Waals surface area contributed by atoms with Gasteiger partial charge >= 0.3 is 0 Å². The van der Waals surface area contributed by atoms with Crippen molar-refractivity contribution in [1.82, 2.24) is 4.98 Å². The Kier molecular flexibility index (Phi) is 4.42. The first-order chi connectivity index (χ1) is 14.2. The Morgan fingerprint density at radius 1 is 0.793 bits per heavy atom. The number of benzene rings is 3. The number of rotatable bonds is 4. The van der Waals surface area contributed by atoms with Gasteiger partial charge in [-0.1, -0.05) is 36.4 Å². The fourth-order valence-electron chi connectivity index (χ4n) is 3.11. The highest BCUT2D eigenvalue weighted by Crippen LogP contribution is 2.28. The number of nitrogens with zero attached hydrogens (tertiary/aromatic N) is 1. The summed E-state index contributed by atoms with van der Waals surface area (Å²) in [4.78, 5) is 18.8. The molecule has 0 fully saturated rings. The van der Waals surface area contributed by atoms with Crippen molar-refractivity contribution in [2.75, 3.05) is 5.32 Å². The van der Waals surface area contributed by atoms with Gasteiger partial charge < -0.3 is 10.1 Å². The van der Waals surface area contributed by atoms with Crippen molar-refractivity contribution in [3.8, 4) is 11.5 Å². The van der Waals surface area contributed by atoms with Gasteiger partial charge in [-0.05, 0) is 54.6 Å². The van der Waals surface area contributed by atoms with Crippen LogP contribution in [0, 0.1) is 0 Å². The van der Waals surface area contributed by atoms with Crippen LogP contribution in [0.4, 0.5) is 5.69 Å². The van der Waals surface area contributed by atoms with E-state index in [0.29, 0.717) is 16.3 Å². The molecule has 0 atom stereocenters. The summed E-state index contributed by atoms with van der Waals surface area (Å²) >= 11 is 1.40. The Hall–Kier alpha value is -3.70. The number of carbonyl (C=O) groups excluding carboxylic acids is 1. The zero-order chi connectivity index (χ0) is 19.6. The van der Waals surface area contributed by atoms with E-state index in [9.17, 15) is 4.79 Å². The lowest BCUT2D eigenvalue weighted by Crippen LogP contribution is -2.09. The van der Waals surface area contributed by atoms with Crippen molar-refractivity contribution in [2.24, 2.45) is 0 Å². The molecule has 0 bridgehead atoms. The molecule has 5 rings (SSSR count). The minimum absolute atomic E-state index is 0.145. The van der Waals surface area contributed by atoms with Gasteiger partial charge in [0.25, 0.3) is 5.91 Å². The van der Waals surface area contributed by atoms with Gasteiger partial charge in [0.2, 0.25) is 0 Å². The molecule has 2 heterocycles. The fraction of sp³-hybridized carbons (Fsp3) is 0. The van der Waals surface area contributed by atoms with E-state index in [4.69, 9.17) is 4.74 Å². The number of thiophene rings is 1. The average Bonchev–Trinajstić information content (AvgIpc) is 3.17. The summed E-state index contributed by atoms with van der Waals surface area (Å²) in [5, 5.41) is 4.99. The van der Waals surface area contributed by atoms with Crippen molar-refractivity contribution < 1.29 is 9.53 Å². The summed E-state index contributed by atoms with van der Waals surface area (Å²) < 4.78 is 5.78. The standard InChI is InChI=1S/C24H16N2O2S/c27-23(22-15-17-14-16-6-4-5-9-21(16)26-24(17)29-22)25-18-10-12-20(13-11-18)28-19-7-2-1-3-8-19/h1-15H,(H,25,27). The molecule has 0 aliphatic rings. The largest absolute Gasteiger partial charge is 0.457 e. The van der Waals surface area contributed by atoms with Crippen molar-refractivity contribution in [1.29, 1.82) is 0 Å². The van der Waals surface area contributed by atoms with Gasteiger partial charge in [0.15, 0.2) is 0 Å². The highest BCUT2D eigenvalue weighted by Gasteiger charge is 2.12. The second kappa shape index (κ2) is 7.37. The number of para-hydroxylation sites is 2. The molecule has 0 radical (unpaired) electrons. The summed E-state index contributed by atoms with van der Waals surface area (Å²) in [6.07, 6.45) is 0. The lowest BCUT2D eigenvalue weighted by Gasteiger charge is -2.07. The number of aromatic nitrogens is 1. The Morgan fingerprint density at radius 2 is 1.52 bits per heavy atom. The minimum atomic E-state index is -0.145. The molecule has 1 amide bonds. The maximum Gasteiger partial charge on any atom is 0.265 e. The maximum absolute atomic E-state index is 12.7. The highest BCUT2D eigenvalue weighted by molar-refractivity contribution is 7.20. The third kappa shape index (κ3) is 3.68. The second-order valence-electron chi connectivity index (χ2n) is 6.58. The number of pyridine rings is 1. The van der Waals surface area contributed by atoms with Crippen LogP contribution in [0.3, 0.4) is 0 Å². The van der Waals surface area contributed by atoms with Gasteiger partial charge in [-0.3, -0.25) is 4.79 Å². The van der Waals surface area contributed by atoms with E-state index >= 15 is 0 Å². The van der Waals surface area contributed by atoms with Gasteiger partial charge in [-0.2, -0.15) is 0 Å². The maximum atomic E-state index is 12.7. The molecule has 1 N–H and O–H groups in total. The fourth-order valence-corrected chi connectivity index (χ4v) is 4.03. The van der Waals surface area contributed by atoms with E-state index in [-0.39, 0.29) is 5.91 Å². The monoisotopic (exact) mass is 396 g/mol. The number of hydrogen-bond donors (Lipinski definition) is 1. The van der Waals surface area contributed by atoms with Crippen molar-refractivity contribution >= 4 is 44.1 Å². The molecule has 3 aromatic carbocycles. The number of fused-ring (bicyclic) bond motifs is 2. The topological polar surface area (TPSA) is 51.2 Å². The molecule has 5 aromatic rings. The van der Waals surface area contributed by atoms with Crippen LogP contribution in [0.15, 0.2) is 91.0 Å². The molecule has 0 aliphatic carbocycles. The first-order valence-electron chi connectivity index (χ1n) is 9.18. The van der Waals surface area contributed by atoms with Gasteiger partial charge in [-0.15, -0.1) is 11.3 Å². The van der Waals surface area contributed by atoms with E-state index in [1.54, 1.807) is 0 Å². The Balaban J connectivity index is 1.33. The molecule has 140 valence electrons. The van der Waals surface area contributed by atoms with Crippen LogP contribution in [-0.2, 0) is 0 Å². The number of ether oxygens (including phenoxy) is 1. The molecule has 2 aromatic heterocycles. The predicted molar refractivity (Wildman–Crippen MR) is 118 cm³/mol. The summed E-state index contributed by atoms with van der Waals surface area (Å²) in [5.74, 6) is 1.34. The summed E-state index contributed by atoms with van der Waals surface area (Å²) in [7, 11) is 0. The smallest absolute Gasteiger partial charge is 0.265 e. The molecule has 0 saturated heterocycles. The van der Waals surface area contributed by atoms with E-state index < -0.39 is 0 Å². The highest BCUT2D eigenvalue weighted by atomic mass is 32.1. The number of hydrogen-bond acceptors (Lipinski definition) is 4. The van der Waals surface area contributed by atoms with Gasteiger partial charge in [0.05, 0.1) is 10.4 Å². The number of carbonyl (C=O) groups is 1. The SMILES string of the molecule is O=C(Nc1ccc(Oc2ccccc2)cc1)c1cc2cc3ccccc3nc2s1. The lowest BCUT2D eigenvalue weighted by atomic mass is 10.2. The molecular weight excluding hydrogens is 380 g/mol. The third-order valence-corrected chi connectivity index (χ3v) is 5.57. The van der Waals surface area contributed by atoms with Crippen LogP contribution < -0.4 is 10.1 Å². The van der Waals surface area contributed by atoms with Crippen LogP contribution in [0.2, 0.25) is 0 Å². The van der Waals surface area contributed by atoms with Crippen LogP contribution >= 0.6 is 11.3 Å². The summed E-state index contributed by atoms with van der Waals surface area (Å²) in [5.41, 5.74) is 1.65. The minimum Gasteiger partial charge on any atom is -0.457 e. The first kappa shape index (κ1) is 17.4.